The van der Waals surface area contributed by atoms with Crippen molar-refractivity contribution in [2.45, 2.75) is 37.8 Å². The van der Waals surface area contributed by atoms with Crippen LogP contribution in [0.5, 0.6) is 0 Å². The zero-order chi connectivity index (χ0) is 12.3. The van der Waals surface area contributed by atoms with Crippen molar-refractivity contribution in [3.8, 4) is 0 Å². The number of hydrogen-bond acceptors (Lipinski definition) is 5. The third kappa shape index (κ3) is 2.91. The maximum atomic E-state index is 11.0. The van der Waals surface area contributed by atoms with Crippen LogP contribution in [-0.2, 0) is 0 Å². The predicted octanol–water partition coefficient (Wildman–Crippen LogP) is 0.291. The summed E-state index contributed by atoms with van der Waals surface area (Å²) in [7, 11) is 0. The maximum absolute atomic E-state index is 11.0. The molecule has 0 bridgehead atoms. The molecule has 6 nitrogen and oxygen atoms in total. The van der Waals surface area contributed by atoms with Crippen molar-refractivity contribution in [3.05, 3.63) is 18.1 Å². The van der Waals surface area contributed by atoms with Crippen molar-refractivity contribution in [2.75, 3.05) is 5.32 Å². The minimum atomic E-state index is -0.606. The van der Waals surface area contributed by atoms with Gasteiger partial charge in [-0.2, -0.15) is 0 Å². The predicted molar refractivity (Wildman–Crippen MR) is 62.4 cm³/mol. The van der Waals surface area contributed by atoms with Gasteiger partial charge in [0.1, 0.15) is 11.5 Å². The number of rotatable bonds is 3. The average Bonchev–Trinajstić information content (AvgIpc) is 2.32. The monoisotopic (exact) mass is 236 g/mol. The van der Waals surface area contributed by atoms with E-state index in [0.717, 1.165) is 25.7 Å². The molecular weight excluding hydrogens is 220 g/mol. The highest BCUT2D eigenvalue weighted by Crippen LogP contribution is 2.21. The van der Waals surface area contributed by atoms with Crippen molar-refractivity contribution in [1.82, 2.24) is 9.97 Å². The molecule has 1 aromatic heterocycles. The lowest BCUT2D eigenvalue weighted by atomic mass is 9.93. The molecule has 1 aliphatic carbocycles. The lowest BCUT2D eigenvalue weighted by molar-refractivity contribution is 0.0995. The molecule has 1 heterocycles. The summed E-state index contributed by atoms with van der Waals surface area (Å²) in [5, 5.41) is 12.9. The fraction of sp³-hybridized carbons (Fsp3) is 0.545. The topological polar surface area (TPSA) is 101 Å². The molecule has 0 unspecified atom stereocenters. The summed E-state index contributed by atoms with van der Waals surface area (Å²) in [6.45, 7) is 0. The number of amides is 1. The molecule has 1 saturated carbocycles. The number of carbonyl (C=O) groups excluding carboxylic acids is 1. The Bertz CT molecular complexity index is 410. The third-order valence-corrected chi connectivity index (χ3v) is 2.95. The molecule has 0 aromatic carbocycles. The number of nitrogens with one attached hydrogen (secondary N) is 1. The van der Waals surface area contributed by atoms with Crippen LogP contribution >= 0.6 is 0 Å². The molecule has 1 aliphatic rings. The Hall–Kier alpha value is -1.69. The molecule has 0 aliphatic heterocycles. The number of aromatic nitrogens is 2. The van der Waals surface area contributed by atoms with Gasteiger partial charge in [0.25, 0.3) is 5.91 Å². The van der Waals surface area contributed by atoms with E-state index in [2.05, 4.69) is 15.3 Å². The first-order valence-corrected chi connectivity index (χ1v) is 5.73. The van der Waals surface area contributed by atoms with Crippen molar-refractivity contribution < 1.29 is 9.90 Å². The molecule has 0 radical (unpaired) electrons. The fourth-order valence-electron chi connectivity index (χ4n) is 2.02. The zero-order valence-electron chi connectivity index (χ0n) is 9.47. The quantitative estimate of drug-likeness (QED) is 0.700. The summed E-state index contributed by atoms with van der Waals surface area (Å²) in [5.41, 5.74) is 5.25. The van der Waals surface area contributed by atoms with Gasteiger partial charge in [-0.15, -0.1) is 0 Å². The molecule has 1 aromatic rings. The van der Waals surface area contributed by atoms with Crippen LogP contribution in [0.4, 0.5) is 5.82 Å². The molecule has 1 fully saturated rings. The summed E-state index contributed by atoms with van der Waals surface area (Å²) in [4.78, 5) is 18.9. The molecule has 17 heavy (non-hydrogen) atoms. The minimum absolute atomic E-state index is 0.0267. The van der Waals surface area contributed by atoms with Gasteiger partial charge >= 0.3 is 0 Å². The largest absolute Gasteiger partial charge is 0.391 e. The van der Waals surface area contributed by atoms with Gasteiger partial charge in [-0.3, -0.25) is 9.78 Å². The maximum Gasteiger partial charge on any atom is 0.268 e. The number of aliphatic hydroxyl groups excluding tert-OH is 1. The van der Waals surface area contributed by atoms with Crippen molar-refractivity contribution >= 4 is 11.7 Å². The summed E-state index contributed by atoms with van der Waals surface area (Å²) in [5.74, 6) is -0.127. The Balaban J connectivity index is 2.07. The third-order valence-electron chi connectivity index (χ3n) is 2.95. The Kier molecular flexibility index (Phi) is 3.53. The normalized spacial score (nSPS) is 24.3. The van der Waals surface area contributed by atoms with Gasteiger partial charge in [-0.05, 0) is 12.8 Å². The Labute approximate surface area is 99.3 Å². The first kappa shape index (κ1) is 11.8. The first-order valence-electron chi connectivity index (χ1n) is 5.73. The molecule has 6 heteroatoms. The number of hydrogen-bond donors (Lipinski definition) is 3. The van der Waals surface area contributed by atoms with E-state index in [1.54, 1.807) is 0 Å². The summed E-state index contributed by atoms with van der Waals surface area (Å²) < 4.78 is 0. The second kappa shape index (κ2) is 5.09. The molecule has 4 N–H and O–H groups in total. The van der Waals surface area contributed by atoms with Crippen LogP contribution in [0.2, 0.25) is 0 Å². The molecule has 1 amide bonds. The Morgan fingerprint density at radius 2 is 2.18 bits per heavy atom. The highest BCUT2D eigenvalue weighted by molar-refractivity contribution is 5.90. The van der Waals surface area contributed by atoms with Crippen LogP contribution in [0, 0.1) is 0 Å². The molecule has 2 rings (SSSR count). The molecule has 0 spiro atoms. The number of aliphatic hydroxyl groups is 1. The molecule has 92 valence electrons. The Morgan fingerprint density at radius 3 is 2.88 bits per heavy atom. The minimum Gasteiger partial charge on any atom is -0.391 e. The fourth-order valence-corrected chi connectivity index (χ4v) is 2.02. The second-order valence-electron chi connectivity index (χ2n) is 4.26. The van der Waals surface area contributed by atoms with Gasteiger partial charge in [0.05, 0.1) is 24.5 Å². The van der Waals surface area contributed by atoms with Gasteiger partial charge in [0.15, 0.2) is 0 Å². The Morgan fingerprint density at radius 1 is 1.41 bits per heavy atom. The lowest BCUT2D eigenvalue weighted by Crippen LogP contribution is -2.36. The highest BCUT2D eigenvalue weighted by atomic mass is 16.3. The number of nitrogens with two attached hydrogens (primary N) is 1. The number of primary amides is 1. The zero-order valence-corrected chi connectivity index (χ0v) is 9.47. The highest BCUT2D eigenvalue weighted by Gasteiger charge is 2.23. The van der Waals surface area contributed by atoms with E-state index >= 15 is 0 Å². The van der Waals surface area contributed by atoms with Gasteiger partial charge in [-0.25, -0.2) is 4.98 Å². The van der Waals surface area contributed by atoms with E-state index in [1.165, 1.54) is 12.4 Å². The van der Waals surface area contributed by atoms with Gasteiger partial charge < -0.3 is 16.2 Å². The van der Waals surface area contributed by atoms with Crippen molar-refractivity contribution in [1.29, 1.82) is 0 Å². The van der Waals surface area contributed by atoms with Crippen LogP contribution < -0.4 is 11.1 Å². The standard InChI is InChI=1S/C11H16N4O2/c12-11(17)8-5-13-6-10(15-8)14-7-3-1-2-4-9(7)16/h5-7,9,16H,1-4H2,(H2,12,17)(H,14,15)/t7-,9-/m0/s1. The summed E-state index contributed by atoms with van der Waals surface area (Å²) in [6.07, 6.45) is 6.29. The van der Waals surface area contributed by atoms with Crippen LogP contribution in [0.25, 0.3) is 0 Å². The molecule has 0 saturated heterocycles. The van der Waals surface area contributed by atoms with E-state index < -0.39 is 5.91 Å². The second-order valence-corrected chi connectivity index (χ2v) is 4.26. The van der Waals surface area contributed by atoms with E-state index in [0.29, 0.717) is 5.82 Å². The lowest BCUT2D eigenvalue weighted by Gasteiger charge is -2.28. The van der Waals surface area contributed by atoms with Crippen LogP contribution in [0.15, 0.2) is 12.4 Å². The van der Waals surface area contributed by atoms with Crippen LogP contribution in [0.1, 0.15) is 36.2 Å². The van der Waals surface area contributed by atoms with Crippen molar-refractivity contribution in [3.63, 3.8) is 0 Å². The van der Waals surface area contributed by atoms with E-state index in [1.807, 2.05) is 0 Å². The van der Waals surface area contributed by atoms with Gasteiger partial charge in [0, 0.05) is 0 Å². The summed E-state index contributed by atoms with van der Waals surface area (Å²) >= 11 is 0. The average molecular weight is 236 g/mol. The van der Waals surface area contributed by atoms with E-state index in [4.69, 9.17) is 5.73 Å². The number of carbonyl (C=O) groups is 1. The molecule has 2 atom stereocenters. The molecular formula is C11H16N4O2. The van der Waals surface area contributed by atoms with Crippen LogP contribution in [-0.4, -0.2) is 33.1 Å². The van der Waals surface area contributed by atoms with E-state index in [-0.39, 0.29) is 17.8 Å². The SMILES string of the molecule is NC(=O)c1cncc(N[C@H]2CCCC[C@@H]2O)n1. The summed E-state index contributed by atoms with van der Waals surface area (Å²) in [6, 6.07) is -0.0267. The number of anilines is 1. The smallest absolute Gasteiger partial charge is 0.268 e. The van der Waals surface area contributed by atoms with Gasteiger partial charge in [-0.1, -0.05) is 12.8 Å². The van der Waals surface area contributed by atoms with Crippen LogP contribution in [0.3, 0.4) is 0 Å². The van der Waals surface area contributed by atoms with Crippen molar-refractivity contribution in [2.24, 2.45) is 5.73 Å². The number of nitrogens with zero attached hydrogens (tertiary/aromatic N) is 2. The first-order chi connectivity index (χ1) is 8.16. The van der Waals surface area contributed by atoms with E-state index in [9.17, 15) is 9.90 Å². The van der Waals surface area contributed by atoms with Gasteiger partial charge in [0.2, 0.25) is 0 Å².